The number of amidine groups is 1. The fourth-order valence-electron chi connectivity index (χ4n) is 2.00. The van der Waals surface area contributed by atoms with Gasteiger partial charge in [0, 0.05) is 18.7 Å². The van der Waals surface area contributed by atoms with Crippen molar-refractivity contribution in [3.63, 3.8) is 0 Å². The standard InChI is InChI=1S/C12H17N3.C6H15N5/c13-11(9-12(14)15)8-4-7-10-5-2-1-3-6-10;1-2-3-4-10-6(9)11-5(7)8/h1-3,5-6,13H,4,7-9H2,(H3,14,15);2-4H2,1H3,(H6,7,8,9,10,11). The maximum atomic E-state index is 7.56. The van der Waals surface area contributed by atoms with Crippen LogP contribution in [0, 0.1) is 16.2 Å². The molecule has 0 amide bonds. The molecule has 0 saturated carbocycles. The second-order valence-electron chi connectivity index (χ2n) is 5.80. The monoisotopic (exact) mass is 360 g/mol. The van der Waals surface area contributed by atoms with E-state index in [1.165, 1.54) is 5.56 Å². The molecule has 8 heteroatoms. The Morgan fingerprint density at radius 1 is 1.04 bits per heavy atom. The summed E-state index contributed by atoms with van der Waals surface area (Å²) in [5.74, 6) is 0.119. The van der Waals surface area contributed by atoms with Gasteiger partial charge < -0.3 is 22.6 Å². The first-order chi connectivity index (χ1) is 12.3. The van der Waals surface area contributed by atoms with Crippen molar-refractivity contribution >= 4 is 23.5 Å². The summed E-state index contributed by atoms with van der Waals surface area (Å²) in [6, 6.07) is 10.2. The van der Waals surface area contributed by atoms with E-state index < -0.39 is 0 Å². The van der Waals surface area contributed by atoms with E-state index in [9.17, 15) is 0 Å². The molecule has 1 rings (SSSR count). The van der Waals surface area contributed by atoms with Crippen LogP contribution in [0.1, 0.15) is 44.6 Å². The Morgan fingerprint density at radius 3 is 2.23 bits per heavy atom. The van der Waals surface area contributed by atoms with Crippen LogP contribution in [-0.4, -0.2) is 30.0 Å². The van der Waals surface area contributed by atoms with Crippen molar-refractivity contribution in [2.75, 3.05) is 6.54 Å². The Labute approximate surface area is 155 Å². The highest BCUT2D eigenvalue weighted by Gasteiger charge is 1.99. The minimum Gasteiger partial charge on any atom is -0.387 e. The first kappa shape index (κ1) is 23.1. The van der Waals surface area contributed by atoms with E-state index in [1.807, 2.05) is 18.2 Å². The summed E-state index contributed by atoms with van der Waals surface area (Å²) in [6.45, 7) is 2.76. The lowest BCUT2D eigenvalue weighted by Crippen LogP contribution is -2.40. The van der Waals surface area contributed by atoms with E-state index in [4.69, 9.17) is 33.4 Å². The third-order valence-corrected chi connectivity index (χ3v) is 3.25. The number of rotatable bonds is 9. The van der Waals surface area contributed by atoms with Crippen LogP contribution < -0.4 is 22.5 Å². The average Bonchev–Trinajstić information content (AvgIpc) is 2.55. The van der Waals surface area contributed by atoms with Crippen molar-refractivity contribution in [1.82, 2.24) is 5.32 Å². The predicted molar refractivity (Wildman–Crippen MR) is 110 cm³/mol. The summed E-state index contributed by atoms with van der Waals surface area (Å²) in [6.07, 6.45) is 5.07. The number of benzene rings is 1. The molecule has 0 aliphatic rings. The number of nitrogens with two attached hydrogens (primary N) is 3. The molecule has 0 aromatic heterocycles. The summed E-state index contributed by atoms with van der Waals surface area (Å²) in [7, 11) is 0. The summed E-state index contributed by atoms with van der Waals surface area (Å²) in [5, 5.41) is 23.8. The molecular formula is C18H32N8. The number of hydrogen-bond acceptors (Lipinski definition) is 4. The molecule has 0 bridgehead atoms. The number of hydrogen-bond donors (Lipinski definition) is 7. The fraction of sp³-hybridized carbons (Fsp3) is 0.444. The molecule has 0 atom stereocenters. The number of aryl methyl sites for hydroxylation is 1. The molecular weight excluding hydrogens is 328 g/mol. The van der Waals surface area contributed by atoms with E-state index >= 15 is 0 Å². The van der Waals surface area contributed by atoms with Crippen molar-refractivity contribution in [1.29, 1.82) is 16.2 Å². The van der Waals surface area contributed by atoms with Crippen molar-refractivity contribution in [3.8, 4) is 0 Å². The third-order valence-electron chi connectivity index (χ3n) is 3.25. The van der Waals surface area contributed by atoms with Crippen LogP contribution in [0.5, 0.6) is 0 Å². The highest BCUT2D eigenvalue weighted by atomic mass is 15.2. The van der Waals surface area contributed by atoms with Crippen molar-refractivity contribution < 1.29 is 0 Å². The Morgan fingerprint density at radius 2 is 1.69 bits per heavy atom. The molecule has 10 N–H and O–H groups in total. The molecule has 26 heavy (non-hydrogen) atoms. The topological polar surface area (TPSA) is 174 Å². The summed E-state index contributed by atoms with van der Waals surface area (Å²) in [5.41, 5.74) is 17.4. The fourth-order valence-corrected chi connectivity index (χ4v) is 2.00. The zero-order valence-corrected chi connectivity index (χ0v) is 15.5. The number of nitrogens with one attached hydrogen (secondary N) is 4. The normalized spacial score (nSPS) is 10.4. The number of nitrogens with zero attached hydrogens (tertiary/aromatic N) is 1. The third kappa shape index (κ3) is 14.7. The summed E-state index contributed by atoms with van der Waals surface area (Å²) < 4.78 is 0. The minimum absolute atomic E-state index is 0.0831. The van der Waals surface area contributed by atoms with Gasteiger partial charge in [-0.25, -0.2) is 0 Å². The van der Waals surface area contributed by atoms with Crippen LogP contribution in [-0.2, 0) is 6.42 Å². The smallest absolute Gasteiger partial charge is 0.195 e. The molecule has 0 fully saturated rings. The van der Waals surface area contributed by atoms with Gasteiger partial charge in [-0.15, -0.1) is 0 Å². The van der Waals surface area contributed by atoms with Gasteiger partial charge >= 0.3 is 0 Å². The maximum absolute atomic E-state index is 7.56. The molecule has 8 nitrogen and oxygen atoms in total. The van der Waals surface area contributed by atoms with Gasteiger partial charge in [0.2, 0.25) is 0 Å². The molecule has 1 aromatic carbocycles. The van der Waals surface area contributed by atoms with Crippen LogP contribution in [0.4, 0.5) is 0 Å². The first-order valence-corrected chi connectivity index (χ1v) is 8.69. The van der Waals surface area contributed by atoms with Crippen LogP contribution in [0.15, 0.2) is 35.3 Å². The second kappa shape index (κ2) is 14.4. The Hall–Kier alpha value is -2.90. The van der Waals surface area contributed by atoms with E-state index in [1.54, 1.807) is 0 Å². The highest BCUT2D eigenvalue weighted by molar-refractivity contribution is 5.99. The van der Waals surface area contributed by atoms with Gasteiger partial charge in [0.05, 0.1) is 5.84 Å². The van der Waals surface area contributed by atoms with Crippen molar-refractivity contribution in [3.05, 3.63) is 35.9 Å². The number of guanidine groups is 2. The lowest BCUT2D eigenvalue weighted by Gasteiger charge is -2.03. The average molecular weight is 361 g/mol. The molecule has 1 aromatic rings. The van der Waals surface area contributed by atoms with E-state index in [2.05, 4.69) is 29.4 Å². The molecule has 0 saturated heterocycles. The van der Waals surface area contributed by atoms with Crippen LogP contribution in [0.3, 0.4) is 0 Å². The Balaban J connectivity index is 0.000000508. The van der Waals surface area contributed by atoms with Gasteiger partial charge in [-0.05, 0) is 31.2 Å². The second-order valence-corrected chi connectivity index (χ2v) is 5.80. The van der Waals surface area contributed by atoms with Gasteiger partial charge in [-0.2, -0.15) is 0 Å². The quantitative estimate of drug-likeness (QED) is 0.202. The zero-order chi connectivity index (χ0) is 19.8. The van der Waals surface area contributed by atoms with Gasteiger partial charge in [-0.1, -0.05) is 43.7 Å². The van der Waals surface area contributed by atoms with Crippen molar-refractivity contribution in [2.24, 2.45) is 22.2 Å². The Bertz CT molecular complexity index is 580. The van der Waals surface area contributed by atoms with Crippen LogP contribution >= 0.6 is 0 Å². The number of unbranched alkanes of at least 4 members (excludes halogenated alkanes) is 1. The van der Waals surface area contributed by atoms with E-state index in [0.717, 1.165) is 32.1 Å². The minimum atomic E-state index is -0.178. The first-order valence-electron chi connectivity index (χ1n) is 8.69. The van der Waals surface area contributed by atoms with Gasteiger partial charge in [0.1, 0.15) is 0 Å². The molecule has 0 heterocycles. The highest BCUT2D eigenvalue weighted by Crippen LogP contribution is 2.05. The summed E-state index contributed by atoms with van der Waals surface area (Å²) in [4.78, 5) is 3.92. The number of aliphatic imine (C=N–C) groups is 1. The molecule has 0 aliphatic carbocycles. The largest absolute Gasteiger partial charge is 0.387 e. The van der Waals surface area contributed by atoms with Gasteiger partial charge in [-0.3, -0.25) is 21.1 Å². The molecule has 144 valence electrons. The van der Waals surface area contributed by atoms with Gasteiger partial charge in [0.15, 0.2) is 11.9 Å². The summed E-state index contributed by atoms with van der Waals surface area (Å²) >= 11 is 0. The molecule has 0 aliphatic heterocycles. The molecule has 0 spiro atoms. The van der Waals surface area contributed by atoms with Gasteiger partial charge in [0.25, 0.3) is 0 Å². The predicted octanol–water partition coefficient (Wildman–Crippen LogP) is 1.94. The van der Waals surface area contributed by atoms with E-state index in [-0.39, 0.29) is 17.8 Å². The van der Waals surface area contributed by atoms with Crippen LogP contribution in [0.2, 0.25) is 0 Å². The van der Waals surface area contributed by atoms with E-state index in [0.29, 0.717) is 18.7 Å². The SMILES string of the molecule is CCCCN=C(N)NC(=N)N.N=C(N)CC(=N)CCCc1ccccc1. The zero-order valence-electron chi connectivity index (χ0n) is 15.5. The maximum Gasteiger partial charge on any atom is 0.195 e. The lowest BCUT2D eigenvalue weighted by atomic mass is 10.0. The molecule has 0 radical (unpaired) electrons. The van der Waals surface area contributed by atoms with Crippen LogP contribution in [0.25, 0.3) is 0 Å². The lowest BCUT2D eigenvalue weighted by molar-refractivity contribution is 0.804. The van der Waals surface area contributed by atoms with Crippen molar-refractivity contribution in [2.45, 2.75) is 45.4 Å². The molecule has 0 unspecified atom stereocenters. The Kier molecular flexibility index (Phi) is 12.8.